The number of aliphatic hydroxyl groups is 1. The third-order valence-electron chi connectivity index (χ3n) is 6.01. The number of nitrogens with zero attached hydrogens (tertiary/aromatic N) is 1. The second-order valence-corrected chi connectivity index (χ2v) is 10.1. The van der Waals surface area contributed by atoms with Gasteiger partial charge >= 0.3 is 0 Å². The summed E-state index contributed by atoms with van der Waals surface area (Å²) in [6, 6.07) is 25.7. The maximum absolute atomic E-state index is 10.6. The molecule has 37 heavy (non-hydrogen) atoms. The van der Waals surface area contributed by atoms with E-state index in [0.29, 0.717) is 17.9 Å². The van der Waals surface area contributed by atoms with E-state index >= 15 is 0 Å². The molecule has 0 aliphatic rings. The van der Waals surface area contributed by atoms with Crippen molar-refractivity contribution in [2.75, 3.05) is 6.26 Å². The van der Waals surface area contributed by atoms with Crippen LogP contribution in [0.3, 0.4) is 0 Å². The Hall–Kier alpha value is -2.71. The average molecular weight is 536 g/mol. The molecule has 0 spiro atoms. The lowest BCUT2D eigenvalue weighted by Crippen LogP contribution is -2.18. The Kier molecular flexibility index (Phi) is 9.38. The SMILES string of the molecule is CSOOOC(CCc1ccccc1C(C)(C)O)c1cccc(/C=C/c2ccc3ccc(Cl)cc3n2)c1. The standard InChI is InChI=1S/C30H30ClNO4S/c1-30(2,33)27-10-5-4-8-22(27)14-18-29(34-35-36-37-3)24-9-6-7-21(19-24)11-16-26-17-13-23-12-15-25(31)20-28(23)32-26/h4-13,15-17,19-20,29,33H,14,18H2,1-3H3/b16-11+. The Morgan fingerprint density at radius 2 is 1.81 bits per heavy atom. The van der Waals surface area contributed by atoms with Gasteiger partial charge in [0.05, 0.1) is 16.8 Å². The summed E-state index contributed by atoms with van der Waals surface area (Å²) in [5.74, 6) is 0. The molecule has 0 aliphatic heterocycles. The van der Waals surface area contributed by atoms with Gasteiger partial charge in [-0.3, -0.25) is 0 Å². The average Bonchev–Trinajstić information content (AvgIpc) is 2.89. The molecule has 7 heteroatoms. The molecule has 1 N–H and O–H groups in total. The van der Waals surface area contributed by atoms with Crippen LogP contribution >= 0.6 is 23.6 Å². The first-order valence-electron chi connectivity index (χ1n) is 12.0. The van der Waals surface area contributed by atoms with Crippen molar-refractivity contribution in [1.29, 1.82) is 0 Å². The molecule has 0 fully saturated rings. The van der Waals surface area contributed by atoms with Crippen LogP contribution in [0.2, 0.25) is 5.02 Å². The molecule has 192 valence electrons. The van der Waals surface area contributed by atoms with Gasteiger partial charge in [0.15, 0.2) is 0 Å². The normalized spacial score (nSPS) is 12.9. The minimum Gasteiger partial charge on any atom is -0.386 e. The monoisotopic (exact) mass is 535 g/mol. The van der Waals surface area contributed by atoms with Gasteiger partial charge in [-0.1, -0.05) is 77.3 Å². The van der Waals surface area contributed by atoms with E-state index < -0.39 is 5.60 Å². The molecule has 0 amide bonds. The van der Waals surface area contributed by atoms with Gasteiger partial charge in [-0.25, -0.2) is 4.98 Å². The van der Waals surface area contributed by atoms with Gasteiger partial charge in [0.25, 0.3) is 0 Å². The largest absolute Gasteiger partial charge is 0.386 e. The lowest BCUT2D eigenvalue weighted by Gasteiger charge is -2.23. The summed E-state index contributed by atoms with van der Waals surface area (Å²) in [4.78, 5) is 10.3. The van der Waals surface area contributed by atoms with Crippen molar-refractivity contribution in [2.45, 2.75) is 38.4 Å². The lowest BCUT2D eigenvalue weighted by atomic mass is 9.90. The van der Waals surface area contributed by atoms with Crippen LogP contribution in [-0.4, -0.2) is 16.3 Å². The Morgan fingerprint density at radius 1 is 1.00 bits per heavy atom. The van der Waals surface area contributed by atoms with E-state index in [9.17, 15) is 5.11 Å². The van der Waals surface area contributed by atoms with Crippen LogP contribution in [0, 0.1) is 0 Å². The van der Waals surface area contributed by atoms with Gasteiger partial charge in [0.1, 0.15) is 6.10 Å². The molecule has 0 saturated heterocycles. The number of hydrogen-bond acceptors (Lipinski definition) is 6. The Bertz CT molecular complexity index is 1370. The Labute approximate surface area is 227 Å². The van der Waals surface area contributed by atoms with E-state index in [2.05, 4.69) is 6.07 Å². The van der Waals surface area contributed by atoms with Crippen molar-refractivity contribution in [3.63, 3.8) is 0 Å². The number of halogens is 1. The summed E-state index contributed by atoms with van der Waals surface area (Å²) in [6.07, 6.45) is 6.68. The third kappa shape index (κ3) is 7.65. The van der Waals surface area contributed by atoms with Gasteiger partial charge in [-0.2, -0.15) is 4.89 Å². The molecule has 0 radical (unpaired) electrons. The second kappa shape index (κ2) is 12.7. The number of fused-ring (bicyclic) bond motifs is 1. The molecule has 1 heterocycles. The molecule has 5 nitrogen and oxygen atoms in total. The number of aryl methyl sites for hydroxylation is 1. The van der Waals surface area contributed by atoms with E-state index in [4.69, 9.17) is 30.8 Å². The first-order chi connectivity index (χ1) is 17.8. The molecular weight excluding hydrogens is 506 g/mol. The van der Waals surface area contributed by atoms with Crippen molar-refractivity contribution in [3.05, 3.63) is 112 Å². The highest BCUT2D eigenvalue weighted by Gasteiger charge is 2.21. The summed E-state index contributed by atoms with van der Waals surface area (Å²) >= 11 is 7.19. The molecule has 4 aromatic rings. The van der Waals surface area contributed by atoms with Crippen LogP contribution in [0.15, 0.2) is 78.9 Å². The van der Waals surface area contributed by atoms with Crippen LogP contribution in [0.25, 0.3) is 23.1 Å². The van der Waals surface area contributed by atoms with Crippen molar-refractivity contribution in [3.8, 4) is 0 Å². The van der Waals surface area contributed by atoms with Crippen molar-refractivity contribution in [2.24, 2.45) is 0 Å². The molecule has 0 bridgehead atoms. The molecule has 0 aliphatic carbocycles. The van der Waals surface area contributed by atoms with E-state index in [-0.39, 0.29) is 6.10 Å². The Morgan fingerprint density at radius 3 is 2.62 bits per heavy atom. The fraction of sp³-hybridized carbons (Fsp3) is 0.233. The van der Waals surface area contributed by atoms with Crippen LogP contribution in [0.4, 0.5) is 0 Å². The first-order valence-corrected chi connectivity index (χ1v) is 13.5. The predicted molar refractivity (Wildman–Crippen MR) is 152 cm³/mol. The van der Waals surface area contributed by atoms with Gasteiger partial charge in [-0.15, -0.1) is 4.33 Å². The van der Waals surface area contributed by atoms with Crippen LogP contribution < -0.4 is 0 Å². The number of pyridine rings is 1. The number of benzene rings is 3. The fourth-order valence-electron chi connectivity index (χ4n) is 4.23. The quantitative estimate of drug-likeness (QED) is 0.0905. The van der Waals surface area contributed by atoms with Crippen molar-refractivity contribution >= 4 is 46.7 Å². The Balaban J connectivity index is 1.53. The summed E-state index contributed by atoms with van der Waals surface area (Å²) < 4.78 is 4.92. The van der Waals surface area contributed by atoms with E-state index in [0.717, 1.165) is 50.9 Å². The summed E-state index contributed by atoms with van der Waals surface area (Å²) in [7, 11) is 0. The molecule has 4 rings (SSSR count). The first kappa shape index (κ1) is 27.3. The highest BCUT2D eigenvalue weighted by atomic mass is 35.5. The number of rotatable bonds is 11. The van der Waals surface area contributed by atoms with E-state index in [1.807, 2.05) is 84.9 Å². The maximum atomic E-state index is 10.6. The van der Waals surface area contributed by atoms with Crippen LogP contribution in [0.1, 0.15) is 54.3 Å². The number of aromatic nitrogens is 1. The smallest absolute Gasteiger partial charge is 0.121 e. The topological polar surface area (TPSA) is 60.8 Å². The fourth-order valence-corrected chi connectivity index (χ4v) is 4.48. The molecule has 3 aromatic carbocycles. The molecule has 0 saturated carbocycles. The minimum absolute atomic E-state index is 0.378. The van der Waals surface area contributed by atoms with Crippen LogP contribution in [-0.2, 0) is 26.3 Å². The van der Waals surface area contributed by atoms with Gasteiger partial charge in [-0.05, 0) is 79.3 Å². The molecule has 1 atom stereocenters. The molecule has 1 aromatic heterocycles. The zero-order valence-electron chi connectivity index (χ0n) is 21.1. The van der Waals surface area contributed by atoms with Gasteiger partial charge < -0.3 is 5.11 Å². The van der Waals surface area contributed by atoms with E-state index in [1.54, 1.807) is 20.1 Å². The molecule has 1 unspecified atom stereocenters. The van der Waals surface area contributed by atoms with Crippen molar-refractivity contribution < 1.29 is 19.4 Å². The van der Waals surface area contributed by atoms with Crippen molar-refractivity contribution in [1.82, 2.24) is 4.98 Å². The predicted octanol–water partition coefficient (Wildman–Crippen LogP) is 8.12. The number of hydrogen-bond donors (Lipinski definition) is 1. The highest BCUT2D eigenvalue weighted by Crippen LogP contribution is 2.29. The van der Waals surface area contributed by atoms with E-state index in [1.165, 1.54) is 0 Å². The lowest BCUT2D eigenvalue weighted by molar-refractivity contribution is -0.480. The van der Waals surface area contributed by atoms with Gasteiger partial charge in [0, 0.05) is 28.7 Å². The summed E-state index contributed by atoms with van der Waals surface area (Å²) in [5.41, 5.74) is 4.68. The van der Waals surface area contributed by atoms with Gasteiger partial charge in [0.2, 0.25) is 0 Å². The molecular formula is C30H30ClNO4S. The zero-order valence-corrected chi connectivity index (χ0v) is 22.6. The highest BCUT2D eigenvalue weighted by molar-refractivity contribution is 7.93. The zero-order chi connectivity index (χ0) is 26.3. The maximum Gasteiger partial charge on any atom is 0.121 e. The third-order valence-corrected chi connectivity index (χ3v) is 6.44. The summed E-state index contributed by atoms with van der Waals surface area (Å²) in [6.45, 7) is 3.59. The van der Waals surface area contributed by atoms with Crippen LogP contribution in [0.5, 0.6) is 0 Å². The second-order valence-electron chi connectivity index (χ2n) is 9.22. The summed E-state index contributed by atoms with van der Waals surface area (Å²) in [5, 5.41) is 17.3. The minimum atomic E-state index is -0.932.